The summed E-state index contributed by atoms with van der Waals surface area (Å²) in [5, 5.41) is 6.36. The molecule has 0 bridgehead atoms. The maximum absolute atomic E-state index is 12.3. The van der Waals surface area contributed by atoms with E-state index >= 15 is 0 Å². The lowest BCUT2D eigenvalue weighted by molar-refractivity contribution is -0.117. The molecule has 1 heterocycles. The average Bonchev–Trinajstić information content (AvgIpc) is 2.81. The number of hydrogen-bond acceptors (Lipinski definition) is 5. The van der Waals surface area contributed by atoms with E-state index < -0.39 is 0 Å². The Bertz CT molecular complexity index is 674. The maximum Gasteiger partial charge on any atom is 0.341 e. The minimum atomic E-state index is -0.366. The van der Waals surface area contributed by atoms with Gasteiger partial charge in [0.1, 0.15) is 5.00 Å². The average molecular weight is 369 g/mol. The normalized spacial score (nSPS) is 17.0. The predicted octanol–water partition coefficient (Wildman–Crippen LogP) is 3.52. The largest absolute Gasteiger partial charge is 0.465 e. The van der Waals surface area contributed by atoms with E-state index in [0.717, 1.165) is 24.8 Å². The number of ether oxygens (including phenoxy) is 1. The van der Waals surface area contributed by atoms with Crippen molar-refractivity contribution in [3.63, 3.8) is 0 Å². The van der Waals surface area contributed by atoms with Crippen LogP contribution in [0, 0.1) is 11.3 Å². The van der Waals surface area contributed by atoms with Crippen LogP contribution in [0.5, 0.6) is 0 Å². The molecule has 7 heteroatoms. The van der Waals surface area contributed by atoms with Crippen molar-refractivity contribution in [2.24, 2.45) is 11.3 Å². The zero-order valence-corrected chi connectivity index (χ0v) is 16.4. The Morgan fingerprint density at radius 2 is 2.00 bits per heavy atom. The first-order valence-corrected chi connectivity index (χ1v) is 9.17. The van der Waals surface area contributed by atoms with Crippen molar-refractivity contribution in [2.45, 2.75) is 47.0 Å². The number of anilines is 1. The molecule has 1 unspecified atom stereocenters. The first-order chi connectivity index (χ1) is 11.1. The number of thiophene rings is 1. The molecule has 0 saturated carbocycles. The molecule has 1 atom stereocenters. The summed E-state index contributed by atoms with van der Waals surface area (Å²) in [7, 11) is 1.38. The lowest BCUT2D eigenvalue weighted by Gasteiger charge is -2.33. The summed E-state index contributed by atoms with van der Waals surface area (Å²) < 4.78 is 4.96. The van der Waals surface area contributed by atoms with Crippen LogP contribution in [-0.2, 0) is 22.4 Å². The van der Waals surface area contributed by atoms with Gasteiger partial charge in [-0.1, -0.05) is 20.8 Å². The molecule has 1 aliphatic rings. The lowest BCUT2D eigenvalue weighted by Crippen LogP contribution is -2.32. The Balaban J connectivity index is 2.35. The second-order valence-corrected chi connectivity index (χ2v) is 8.65. The van der Waals surface area contributed by atoms with Gasteiger partial charge in [0.2, 0.25) is 5.91 Å². The van der Waals surface area contributed by atoms with Crippen LogP contribution in [0.4, 0.5) is 5.00 Å². The van der Waals surface area contributed by atoms with Gasteiger partial charge in [-0.25, -0.2) is 4.79 Å². The first-order valence-electron chi connectivity index (χ1n) is 7.95. The number of methoxy groups -OCH3 is 1. The Kier molecular flexibility index (Phi) is 5.65. The van der Waals surface area contributed by atoms with E-state index in [2.05, 4.69) is 31.4 Å². The fourth-order valence-corrected chi connectivity index (χ4v) is 4.66. The molecule has 1 amide bonds. The maximum atomic E-state index is 12.3. The molecule has 132 valence electrons. The number of amides is 1. The molecule has 0 aromatic carbocycles. The summed E-state index contributed by atoms with van der Waals surface area (Å²) in [6.07, 6.45) is 2.85. The van der Waals surface area contributed by atoms with Crippen LogP contribution < -0.4 is 10.6 Å². The van der Waals surface area contributed by atoms with Crippen molar-refractivity contribution in [1.82, 2.24) is 5.32 Å². The Hall–Kier alpha value is -1.47. The molecule has 1 aromatic heterocycles. The molecule has 5 nitrogen and oxygen atoms in total. The Labute approximate surface area is 152 Å². The molecule has 1 aromatic rings. The summed E-state index contributed by atoms with van der Waals surface area (Å²) >= 11 is 6.66. The highest BCUT2D eigenvalue weighted by Crippen LogP contribution is 2.44. The number of carbonyl (C=O) groups is 2. The summed E-state index contributed by atoms with van der Waals surface area (Å²) in [6, 6.07) is 0. The van der Waals surface area contributed by atoms with Crippen molar-refractivity contribution < 1.29 is 14.3 Å². The van der Waals surface area contributed by atoms with Gasteiger partial charge in [0.25, 0.3) is 0 Å². The number of fused-ring (bicyclic) bond motifs is 1. The highest BCUT2D eigenvalue weighted by atomic mass is 32.1. The quantitative estimate of drug-likeness (QED) is 0.617. The molecule has 0 spiro atoms. The van der Waals surface area contributed by atoms with Gasteiger partial charge in [0.15, 0.2) is 5.11 Å². The van der Waals surface area contributed by atoms with Crippen molar-refractivity contribution in [3.05, 3.63) is 16.0 Å². The van der Waals surface area contributed by atoms with Crippen LogP contribution >= 0.6 is 23.6 Å². The zero-order chi connectivity index (χ0) is 18.1. The summed E-state index contributed by atoms with van der Waals surface area (Å²) in [5.74, 6) is -0.0413. The van der Waals surface area contributed by atoms with E-state index in [-0.39, 0.29) is 22.4 Å². The van der Waals surface area contributed by atoms with Gasteiger partial charge in [-0.15, -0.1) is 11.3 Å². The number of rotatable bonds is 2. The third kappa shape index (κ3) is 4.13. The van der Waals surface area contributed by atoms with Crippen LogP contribution in [0.2, 0.25) is 0 Å². The highest BCUT2D eigenvalue weighted by molar-refractivity contribution is 7.80. The van der Waals surface area contributed by atoms with Crippen molar-refractivity contribution in [2.75, 3.05) is 12.4 Å². The molecule has 0 saturated heterocycles. The van der Waals surface area contributed by atoms with Crippen LogP contribution in [0.3, 0.4) is 0 Å². The van der Waals surface area contributed by atoms with Gasteiger partial charge in [0.05, 0.1) is 12.7 Å². The molecular formula is C17H24N2O3S2. The minimum Gasteiger partial charge on any atom is -0.465 e. The molecule has 2 rings (SSSR count). The zero-order valence-electron chi connectivity index (χ0n) is 14.7. The highest BCUT2D eigenvalue weighted by Gasteiger charge is 2.34. The van der Waals surface area contributed by atoms with Gasteiger partial charge in [0, 0.05) is 11.8 Å². The molecule has 1 aliphatic carbocycles. The SMILES string of the molecule is COC(=O)c1c(NC(=S)NC(C)=O)sc2c1CCC(C(C)(C)C)C2. The summed E-state index contributed by atoms with van der Waals surface area (Å²) in [5.41, 5.74) is 1.84. The molecule has 0 fully saturated rings. The van der Waals surface area contributed by atoms with E-state index in [0.29, 0.717) is 16.5 Å². The molecular weight excluding hydrogens is 344 g/mol. The van der Waals surface area contributed by atoms with E-state index in [4.69, 9.17) is 17.0 Å². The lowest BCUT2D eigenvalue weighted by atomic mass is 9.72. The Morgan fingerprint density at radius 3 is 2.54 bits per heavy atom. The van der Waals surface area contributed by atoms with Crippen molar-refractivity contribution in [1.29, 1.82) is 0 Å². The van der Waals surface area contributed by atoms with Crippen molar-refractivity contribution >= 4 is 45.5 Å². The smallest absolute Gasteiger partial charge is 0.341 e. The van der Waals surface area contributed by atoms with E-state index in [1.165, 1.54) is 30.2 Å². The number of carbonyl (C=O) groups excluding carboxylic acids is 2. The fraction of sp³-hybridized carbons (Fsp3) is 0.588. The van der Waals surface area contributed by atoms with Crippen LogP contribution in [0.25, 0.3) is 0 Å². The van der Waals surface area contributed by atoms with Crippen LogP contribution in [-0.4, -0.2) is 24.1 Å². The predicted molar refractivity (Wildman–Crippen MR) is 101 cm³/mol. The second-order valence-electron chi connectivity index (χ2n) is 7.14. The molecule has 2 N–H and O–H groups in total. The number of nitrogens with one attached hydrogen (secondary N) is 2. The topological polar surface area (TPSA) is 67.4 Å². The van der Waals surface area contributed by atoms with Crippen LogP contribution in [0.15, 0.2) is 0 Å². The van der Waals surface area contributed by atoms with E-state index in [1.54, 1.807) is 0 Å². The van der Waals surface area contributed by atoms with Gasteiger partial charge >= 0.3 is 5.97 Å². The number of thiocarbonyl (C=S) groups is 1. The second kappa shape index (κ2) is 7.19. The van der Waals surface area contributed by atoms with Gasteiger partial charge in [-0.05, 0) is 48.4 Å². The molecule has 0 radical (unpaired) electrons. The van der Waals surface area contributed by atoms with Gasteiger partial charge in [-0.2, -0.15) is 0 Å². The first kappa shape index (κ1) is 18.9. The van der Waals surface area contributed by atoms with Gasteiger partial charge < -0.3 is 15.4 Å². The standard InChI is InChI=1S/C17H24N2O3S2/c1-9(20)18-16(23)19-14-13(15(21)22-5)11-7-6-10(17(2,3)4)8-12(11)24-14/h10H,6-8H2,1-5H3,(H2,18,19,20,23). The van der Waals surface area contributed by atoms with Crippen LogP contribution in [0.1, 0.15) is 54.9 Å². The fourth-order valence-electron chi connectivity index (χ4n) is 3.03. The molecule has 0 aliphatic heterocycles. The third-order valence-corrected chi connectivity index (χ3v) is 5.77. The number of esters is 1. The number of hydrogen-bond donors (Lipinski definition) is 2. The Morgan fingerprint density at radius 1 is 1.33 bits per heavy atom. The molecule has 24 heavy (non-hydrogen) atoms. The van der Waals surface area contributed by atoms with Gasteiger partial charge in [-0.3, -0.25) is 4.79 Å². The van der Waals surface area contributed by atoms with Crippen molar-refractivity contribution in [3.8, 4) is 0 Å². The summed E-state index contributed by atoms with van der Waals surface area (Å²) in [6.45, 7) is 8.15. The third-order valence-electron chi connectivity index (χ3n) is 4.40. The monoisotopic (exact) mass is 368 g/mol. The minimum absolute atomic E-state index is 0.193. The van der Waals surface area contributed by atoms with E-state index in [9.17, 15) is 9.59 Å². The van der Waals surface area contributed by atoms with E-state index in [1.807, 2.05) is 0 Å². The summed E-state index contributed by atoms with van der Waals surface area (Å²) in [4.78, 5) is 24.6.